The van der Waals surface area contributed by atoms with Crippen molar-refractivity contribution in [3.8, 4) is 0 Å². The van der Waals surface area contributed by atoms with Gasteiger partial charge >= 0.3 is 0 Å². The molecule has 0 rings (SSSR count). The van der Waals surface area contributed by atoms with Crippen LogP contribution in [-0.4, -0.2) is 41.0 Å². The number of nitrogens with one attached hydrogen (secondary N) is 1. The summed E-state index contributed by atoms with van der Waals surface area (Å²) in [6, 6.07) is 0.191. The molecule has 0 fully saturated rings. The van der Waals surface area contributed by atoms with Gasteiger partial charge in [0, 0.05) is 35.5 Å². The fourth-order valence-corrected chi connectivity index (χ4v) is 1.65. The lowest BCUT2D eigenvalue weighted by atomic mass is 10.2. The molecule has 10 heavy (non-hydrogen) atoms. The summed E-state index contributed by atoms with van der Waals surface area (Å²) < 4.78 is 10.7. The molecule has 0 spiro atoms. The van der Waals surface area contributed by atoms with Crippen LogP contribution < -0.4 is 5.32 Å². The third-order valence-electron chi connectivity index (χ3n) is 1.32. The summed E-state index contributed by atoms with van der Waals surface area (Å²) in [5.41, 5.74) is 0. The molecule has 0 aliphatic heterocycles. The molecule has 0 heterocycles. The molecule has 2 N–H and O–H groups in total. The van der Waals surface area contributed by atoms with Gasteiger partial charge in [-0.3, -0.25) is 4.21 Å². The van der Waals surface area contributed by atoms with E-state index in [0.717, 1.165) is 0 Å². The average Bonchev–Trinajstić information content (AvgIpc) is 1.86. The van der Waals surface area contributed by atoms with Crippen LogP contribution in [0.15, 0.2) is 0 Å². The lowest BCUT2D eigenvalue weighted by molar-refractivity contribution is 0.273. The molecule has 0 aliphatic rings. The van der Waals surface area contributed by atoms with Crippen molar-refractivity contribution in [2.45, 2.75) is 12.5 Å². The lowest BCUT2D eigenvalue weighted by Crippen LogP contribution is -2.31. The second-order valence-corrected chi connectivity index (χ2v) is 3.72. The summed E-state index contributed by atoms with van der Waals surface area (Å²) in [5, 5.41) is 11.5. The van der Waals surface area contributed by atoms with Gasteiger partial charge in [-0.2, -0.15) is 0 Å². The Morgan fingerprint density at radius 1 is 1.70 bits per heavy atom. The van der Waals surface area contributed by atoms with Crippen LogP contribution in [0, 0.1) is 0 Å². The molecular formula is C6H15NO2S. The molecule has 0 radical (unpaired) electrons. The zero-order valence-corrected chi connectivity index (χ0v) is 7.28. The predicted molar refractivity (Wildman–Crippen MR) is 43.5 cm³/mol. The Balaban J connectivity index is 3.49. The summed E-state index contributed by atoms with van der Waals surface area (Å²) in [4.78, 5) is 0. The van der Waals surface area contributed by atoms with Crippen molar-refractivity contribution in [2.24, 2.45) is 0 Å². The first-order valence-electron chi connectivity index (χ1n) is 3.28. The van der Waals surface area contributed by atoms with Gasteiger partial charge in [-0.15, -0.1) is 0 Å². The van der Waals surface area contributed by atoms with Gasteiger partial charge in [0.05, 0.1) is 0 Å². The number of hydrogen-bond acceptors (Lipinski definition) is 3. The lowest BCUT2D eigenvalue weighted by Gasteiger charge is -2.11. The monoisotopic (exact) mass is 165 g/mol. The Morgan fingerprint density at radius 3 is 2.60 bits per heavy atom. The molecule has 0 bridgehead atoms. The molecule has 0 aromatic heterocycles. The van der Waals surface area contributed by atoms with Crippen LogP contribution in [0.3, 0.4) is 0 Å². The van der Waals surface area contributed by atoms with E-state index in [0.29, 0.717) is 12.2 Å². The van der Waals surface area contributed by atoms with Crippen molar-refractivity contribution in [1.82, 2.24) is 5.32 Å². The number of aliphatic hydroxyl groups is 1. The zero-order chi connectivity index (χ0) is 7.98. The van der Waals surface area contributed by atoms with Gasteiger partial charge in [-0.25, -0.2) is 0 Å². The quantitative estimate of drug-likeness (QED) is 0.568. The van der Waals surface area contributed by atoms with Crippen molar-refractivity contribution in [1.29, 1.82) is 0 Å². The Labute approximate surface area is 64.3 Å². The van der Waals surface area contributed by atoms with Crippen molar-refractivity contribution >= 4 is 10.8 Å². The first-order valence-corrected chi connectivity index (χ1v) is 5.01. The summed E-state index contributed by atoms with van der Waals surface area (Å²) in [6.07, 6.45) is 2.35. The third kappa shape index (κ3) is 4.90. The largest absolute Gasteiger partial charge is 0.396 e. The molecule has 2 atom stereocenters. The van der Waals surface area contributed by atoms with Crippen LogP contribution in [0.5, 0.6) is 0 Å². The van der Waals surface area contributed by atoms with E-state index >= 15 is 0 Å². The summed E-state index contributed by atoms with van der Waals surface area (Å²) in [5.74, 6) is 0.622. The topological polar surface area (TPSA) is 49.3 Å². The van der Waals surface area contributed by atoms with Gasteiger partial charge in [-0.05, 0) is 13.5 Å². The molecule has 0 amide bonds. The van der Waals surface area contributed by atoms with E-state index in [1.54, 1.807) is 6.26 Å². The first-order chi connectivity index (χ1) is 4.70. The van der Waals surface area contributed by atoms with E-state index < -0.39 is 10.8 Å². The standard InChI is InChI=1S/C6H15NO2S/c1-7-6(3-4-8)5-10(2)9/h6-8H,3-5H2,1-2H3. The highest BCUT2D eigenvalue weighted by molar-refractivity contribution is 7.84. The summed E-state index contributed by atoms with van der Waals surface area (Å²) in [6.45, 7) is 0.155. The molecule has 0 aromatic carbocycles. The minimum absolute atomic E-state index is 0.155. The van der Waals surface area contributed by atoms with Gasteiger partial charge in [0.25, 0.3) is 0 Å². The van der Waals surface area contributed by atoms with Crippen molar-refractivity contribution in [2.75, 3.05) is 25.7 Å². The van der Waals surface area contributed by atoms with Gasteiger partial charge in [0.1, 0.15) is 0 Å². The third-order valence-corrected chi connectivity index (χ3v) is 2.19. The van der Waals surface area contributed by atoms with E-state index in [4.69, 9.17) is 5.11 Å². The second-order valence-electron chi connectivity index (χ2n) is 2.24. The molecule has 2 unspecified atom stereocenters. The first kappa shape index (κ1) is 10.1. The fourth-order valence-electron chi connectivity index (χ4n) is 0.750. The maximum absolute atomic E-state index is 10.7. The Bertz CT molecular complexity index is 108. The Morgan fingerprint density at radius 2 is 2.30 bits per heavy atom. The normalized spacial score (nSPS) is 16.7. The highest BCUT2D eigenvalue weighted by Crippen LogP contribution is 1.91. The Hall–Kier alpha value is 0.0700. The molecule has 3 nitrogen and oxygen atoms in total. The van der Waals surface area contributed by atoms with E-state index in [9.17, 15) is 4.21 Å². The molecular weight excluding hydrogens is 150 g/mol. The van der Waals surface area contributed by atoms with E-state index in [2.05, 4.69) is 5.32 Å². The molecule has 0 saturated carbocycles. The SMILES string of the molecule is CNC(CCO)CS(C)=O. The zero-order valence-electron chi connectivity index (χ0n) is 6.46. The number of rotatable bonds is 5. The van der Waals surface area contributed by atoms with Crippen molar-refractivity contribution in [3.05, 3.63) is 0 Å². The van der Waals surface area contributed by atoms with Gasteiger partial charge in [-0.1, -0.05) is 0 Å². The molecule has 4 heteroatoms. The number of aliphatic hydroxyl groups excluding tert-OH is 1. The predicted octanol–water partition coefficient (Wildman–Crippen LogP) is -0.665. The maximum Gasteiger partial charge on any atom is 0.0446 e. The highest BCUT2D eigenvalue weighted by atomic mass is 32.2. The second kappa shape index (κ2) is 5.82. The van der Waals surface area contributed by atoms with E-state index in [1.165, 1.54) is 0 Å². The van der Waals surface area contributed by atoms with Crippen LogP contribution >= 0.6 is 0 Å². The van der Waals surface area contributed by atoms with Crippen molar-refractivity contribution < 1.29 is 9.32 Å². The Kier molecular flexibility index (Phi) is 5.87. The van der Waals surface area contributed by atoms with Crippen LogP contribution in [0.1, 0.15) is 6.42 Å². The van der Waals surface area contributed by atoms with Crippen LogP contribution in [-0.2, 0) is 10.8 Å². The van der Waals surface area contributed by atoms with E-state index in [-0.39, 0.29) is 12.6 Å². The maximum atomic E-state index is 10.7. The minimum Gasteiger partial charge on any atom is -0.396 e. The average molecular weight is 165 g/mol. The molecule has 0 saturated heterocycles. The van der Waals surface area contributed by atoms with Gasteiger partial charge in [0.2, 0.25) is 0 Å². The summed E-state index contributed by atoms with van der Waals surface area (Å²) in [7, 11) is 1.04. The fraction of sp³-hybridized carbons (Fsp3) is 1.00. The van der Waals surface area contributed by atoms with E-state index in [1.807, 2.05) is 7.05 Å². The minimum atomic E-state index is -0.771. The van der Waals surface area contributed by atoms with Crippen LogP contribution in [0.4, 0.5) is 0 Å². The smallest absolute Gasteiger partial charge is 0.0446 e. The molecule has 0 aliphatic carbocycles. The van der Waals surface area contributed by atoms with Crippen LogP contribution in [0.2, 0.25) is 0 Å². The van der Waals surface area contributed by atoms with Gasteiger partial charge in [0.15, 0.2) is 0 Å². The molecule has 62 valence electrons. The molecule has 0 aromatic rings. The number of hydrogen-bond donors (Lipinski definition) is 2. The van der Waals surface area contributed by atoms with Crippen molar-refractivity contribution in [3.63, 3.8) is 0 Å². The highest BCUT2D eigenvalue weighted by Gasteiger charge is 2.05. The summed E-state index contributed by atoms with van der Waals surface area (Å²) >= 11 is 0. The van der Waals surface area contributed by atoms with Crippen LogP contribution in [0.25, 0.3) is 0 Å². The van der Waals surface area contributed by atoms with Gasteiger partial charge < -0.3 is 10.4 Å².